The summed E-state index contributed by atoms with van der Waals surface area (Å²) in [4.78, 5) is 11.0. The molecule has 0 aliphatic rings. The summed E-state index contributed by atoms with van der Waals surface area (Å²) < 4.78 is 0. The van der Waals surface area contributed by atoms with Crippen LogP contribution in [0.25, 0.3) is 0 Å². The van der Waals surface area contributed by atoms with Gasteiger partial charge in [-0.3, -0.25) is 4.79 Å². The van der Waals surface area contributed by atoms with E-state index >= 15 is 0 Å². The van der Waals surface area contributed by atoms with E-state index in [1.807, 2.05) is 32.9 Å². The molecule has 3 aromatic rings. The van der Waals surface area contributed by atoms with Gasteiger partial charge in [0.25, 0.3) is 5.24 Å². The summed E-state index contributed by atoms with van der Waals surface area (Å²) in [7, 11) is 0.777. The van der Waals surface area contributed by atoms with Gasteiger partial charge in [-0.25, -0.2) is 0 Å². The smallest absolute Gasteiger partial charge is 0.252 e. The Morgan fingerprint density at radius 1 is 0.760 bits per heavy atom. The molecule has 128 valence electrons. The Bertz CT molecular complexity index is 769. The summed E-state index contributed by atoms with van der Waals surface area (Å²) in [5, 5.41) is 2.42. The lowest BCUT2D eigenvalue weighted by molar-refractivity contribution is 0.108. The van der Waals surface area contributed by atoms with Crippen LogP contribution in [0, 0.1) is 20.8 Å². The van der Waals surface area contributed by atoms with Crippen molar-refractivity contribution in [2.24, 2.45) is 0 Å². The number of aryl methyl sites for hydroxylation is 3. The molecule has 0 spiro atoms. The molecule has 0 aliphatic carbocycles. The van der Waals surface area contributed by atoms with Crippen molar-refractivity contribution >= 4 is 36.0 Å². The van der Waals surface area contributed by atoms with Crippen LogP contribution in [0.3, 0.4) is 0 Å². The maximum atomic E-state index is 11.0. The lowest BCUT2D eigenvalue weighted by Crippen LogP contribution is -2.01. The van der Waals surface area contributed by atoms with E-state index in [1.54, 1.807) is 0 Å². The van der Waals surface area contributed by atoms with E-state index < -0.39 is 0 Å². The number of carbonyl (C=O) groups excluding carboxylic acids is 1. The van der Waals surface area contributed by atoms with Crippen LogP contribution < -0.4 is 10.6 Å². The zero-order valence-electron chi connectivity index (χ0n) is 14.7. The van der Waals surface area contributed by atoms with Gasteiger partial charge in [-0.2, -0.15) is 0 Å². The first kappa shape index (κ1) is 19.4. The molecule has 0 heterocycles. The predicted molar refractivity (Wildman–Crippen MR) is 111 cm³/mol. The molecular weight excluding hydrogens is 347 g/mol. The molecule has 0 aromatic heterocycles. The SMILES string of the molecule is Cc1cc(C)c(C(=O)Cl)c(C)c1.c1ccc(Pc2ccccc2)cc1. The van der Waals surface area contributed by atoms with E-state index in [0.717, 1.165) is 25.3 Å². The monoisotopic (exact) mass is 368 g/mol. The van der Waals surface area contributed by atoms with Gasteiger partial charge in [0.15, 0.2) is 0 Å². The third kappa shape index (κ3) is 6.12. The van der Waals surface area contributed by atoms with Crippen LogP contribution in [0.4, 0.5) is 0 Å². The van der Waals surface area contributed by atoms with E-state index in [9.17, 15) is 4.79 Å². The standard InChI is InChI=1S/C12H11P.C10H11ClO/c1-3-7-11(8-4-1)13-12-9-5-2-6-10-12;1-6-4-7(2)9(10(11)12)8(3)5-6/h1-10,13H;4-5H,1-3H3. The van der Waals surface area contributed by atoms with Crippen LogP contribution in [-0.2, 0) is 0 Å². The van der Waals surface area contributed by atoms with Crippen molar-refractivity contribution in [1.29, 1.82) is 0 Å². The van der Waals surface area contributed by atoms with Crippen molar-refractivity contribution in [2.75, 3.05) is 0 Å². The quantitative estimate of drug-likeness (QED) is 0.452. The third-order valence-electron chi connectivity index (χ3n) is 3.71. The molecule has 3 aromatic carbocycles. The molecule has 0 saturated carbocycles. The van der Waals surface area contributed by atoms with Gasteiger partial charge >= 0.3 is 0 Å². The number of hydrogen-bond acceptors (Lipinski definition) is 1. The second-order valence-corrected chi connectivity index (χ2v) is 7.65. The minimum Gasteiger partial charge on any atom is -0.276 e. The van der Waals surface area contributed by atoms with Crippen LogP contribution in [0.15, 0.2) is 72.8 Å². The van der Waals surface area contributed by atoms with Crippen LogP contribution in [0.1, 0.15) is 27.0 Å². The van der Waals surface area contributed by atoms with Crippen molar-refractivity contribution in [2.45, 2.75) is 20.8 Å². The summed E-state index contributed by atoms with van der Waals surface area (Å²) in [5.41, 5.74) is 3.70. The van der Waals surface area contributed by atoms with Crippen molar-refractivity contribution in [3.8, 4) is 0 Å². The van der Waals surface area contributed by atoms with Gasteiger partial charge in [-0.15, -0.1) is 0 Å². The van der Waals surface area contributed by atoms with Gasteiger partial charge in [-0.1, -0.05) is 86.9 Å². The second kappa shape index (κ2) is 9.51. The van der Waals surface area contributed by atoms with E-state index in [1.165, 1.54) is 10.6 Å². The molecule has 25 heavy (non-hydrogen) atoms. The van der Waals surface area contributed by atoms with Crippen molar-refractivity contribution in [3.63, 3.8) is 0 Å². The predicted octanol–water partition coefficient (Wildman–Crippen LogP) is 5.31. The molecule has 0 bridgehead atoms. The van der Waals surface area contributed by atoms with Gasteiger partial charge in [0.2, 0.25) is 0 Å². The number of rotatable bonds is 3. The van der Waals surface area contributed by atoms with E-state index in [-0.39, 0.29) is 5.24 Å². The molecule has 0 unspecified atom stereocenters. The van der Waals surface area contributed by atoms with E-state index in [4.69, 9.17) is 11.6 Å². The Morgan fingerprint density at radius 3 is 1.52 bits per heavy atom. The molecule has 1 nitrogen and oxygen atoms in total. The Hall–Kier alpha value is -1.95. The number of halogens is 1. The minimum absolute atomic E-state index is 0.370. The fourth-order valence-electron chi connectivity index (χ4n) is 2.70. The van der Waals surface area contributed by atoms with Crippen molar-refractivity contribution < 1.29 is 4.79 Å². The molecule has 0 aliphatic heterocycles. The molecular formula is C22H22ClOP. The summed E-state index contributed by atoms with van der Waals surface area (Å²) in [6.07, 6.45) is 0. The minimum atomic E-state index is -0.370. The Labute approximate surface area is 156 Å². The zero-order valence-corrected chi connectivity index (χ0v) is 16.5. The number of benzene rings is 3. The average Bonchev–Trinajstić information content (AvgIpc) is 2.56. The third-order valence-corrected chi connectivity index (χ3v) is 5.14. The Balaban J connectivity index is 0.000000181. The first-order valence-corrected chi connectivity index (χ1v) is 9.50. The molecule has 0 radical (unpaired) electrons. The summed E-state index contributed by atoms with van der Waals surface area (Å²) in [6.45, 7) is 5.80. The maximum Gasteiger partial charge on any atom is 0.252 e. The van der Waals surface area contributed by atoms with Gasteiger partial charge in [0.05, 0.1) is 0 Å². The highest BCUT2D eigenvalue weighted by Gasteiger charge is 2.09. The normalized spacial score (nSPS) is 9.92. The van der Waals surface area contributed by atoms with Gasteiger partial charge in [0, 0.05) is 5.56 Å². The topological polar surface area (TPSA) is 17.1 Å². The maximum absolute atomic E-state index is 11.0. The van der Waals surface area contributed by atoms with E-state index in [0.29, 0.717) is 5.56 Å². The zero-order chi connectivity index (χ0) is 18.2. The van der Waals surface area contributed by atoms with Gasteiger partial charge < -0.3 is 0 Å². The molecule has 0 saturated heterocycles. The summed E-state index contributed by atoms with van der Waals surface area (Å²) >= 11 is 5.43. The lowest BCUT2D eigenvalue weighted by atomic mass is 10.0. The first-order chi connectivity index (χ1) is 12.0. The van der Waals surface area contributed by atoms with Crippen molar-refractivity contribution in [1.82, 2.24) is 0 Å². The molecule has 0 atom stereocenters. The highest BCUT2D eigenvalue weighted by molar-refractivity contribution is 7.55. The fraction of sp³-hybridized carbons (Fsp3) is 0.136. The first-order valence-electron chi connectivity index (χ1n) is 8.12. The van der Waals surface area contributed by atoms with Crippen LogP contribution in [-0.4, -0.2) is 5.24 Å². The van der Waals surface area contributed by atoms with Crippen LogP contribution in [0.2, 0.25) is 0 Å². The highest BCUT2D eigenvalue weighted by Crippen LogP contribution is 2.17. The van der Waals surface area contributed by atoms with Gasteiger partial charge in [-0.05, 0) is 54.1 Å². The highest BCUT2D eigenvalue weighted by atomic mass is 35.5. The van der Waals surface area contributed by atoms with E-state index in [2.05, 4.69) is 60.7 Å². The molecule has 0 amide bonds. The number of carbonyl (C=O) groups is 1. The van der Waals surface area contributed by atoms with Gasteiger partial charge in [0.1, 0.15) is 0 Å². The Kier molecular flexibility index (Phi) is 7.37. The van der Waals surface area contributed by atoms with Crippen LogP contribution >= 0.6 is 20.2 Å². The number of hydrogen-bond donors (Lipinski definition) is 0. The lowest BCUT2D eigenvalue weighted by Gasteiger charge is -2.05. The van der Waals surface area contributed by atoms with Crippen molar-refractivity contribution in [3.05, 3.63) is 95.1 Å². The molecule has 0 N–H and O–H groups in total. The fourth-order valence-corrected chi connectivity index (χ4v) is 4.05. The summed E-state index contributed by atoms with van der Waals surface area (Å²) in [6, 6.07) is 25.1. The summed E-state index contributed by atoms with van der Waals surface area (Å²) in [5.74, 6) is 0. The molecule has 0 fully saturated rings. The second-order valence-electron chi connectivity index (χ2n) is 5.90. The average molecular weight is 369 g/mol. The van der Waals surface area contributed by atoms with Crippen LogP contribution in [0.5, 0.6) is 0 Å². The molecule has 3 rings (SSSR count). The molecule has 3 heteroatoms. The largest absolute Gasteiger partial charge is 0.276 e. The Morgan fingerprint density at radius 2 is 1.16 bits per heavy atom.